The number of amides is 1. The first-order valence-electron chi connectivity index (χ1n) is 24.8. The summed E-state index contributed by atoms with van der Waals surface area (Å²) in [5, 5.41) is 6.06. The molecule has 1 saturated heterocycles. The molecule has 1 amide bonds. The highest BCUT2D eigenvalue weighted by Gasteiger charge is 2.46. The summed E-state index contributed by atoms with van der Waals surface area (Å²) in [4.78, 5) is 30.2. The van der Waals surface area contributed by atoms with E-state index in [1.807, 2.05) is 104 Å². The highest BCUT2D eigenvalue weighted by molar-refractivity contribution is 5.90. The van der Waals surface area contributed by atoms with E-state index in [4.69, 9.17) is 37.9 Å². The molecule has 5 heterocycles. The number of aromatic amines is 2. The molecule has 3 N–H and O–H groups in total. The van der Waals surface area contributed by atoms with Crippen LogP contribution >= 0.6 is 0 Å². The van der Waals surface area contributed by atoms with Crippen LogP contribution in [0.15, 0.2) is 128 Å². The number of carbonyl (C=O) groups excluding carboxylic acids is 1. The van der Waals surface area contributed by atoms with Gasteiger partial charge < -0.3 is 53.2 Å². The summed E-state index contributed by atoms with van der Waals surface area (Å²) in [6.45, 7) is 7.62. The molecule has 74 heavy (non-hydrogen) atoms. The fraction of sp³-hybridized carbons (Fsp3) is 0.293. The zero-order chi connectivity index (χ0) is 50.7. The van der Waals surface area contributed by atoms with Crippen LogP contribution in [0.2, 0.25) is 0 Å². The number of aromatic nitrogens is 4. The topological polar surface area (TPSA) is 164 Å². The lowest BCUT2D eigenvalue weighted by Crippen LogP contribution is -2.41. The van der Waals surface area contributed by atoms with Crippen molar-refractivity contribution in [3.63, 3.8) is 0 Å². The van der Waals surface area contributed by atoms with E-state index in [2.05, 4.69) is 30.2 Å². The lowest BCUT2D eigenvalue weighted by molar-refractivity contribution is 0.0235. The summed E-state index contributed by atoms with van der Waals surface area (Å²) in [5.74, 6) is 4.00. The Morgan fingerprint density at radius 3 is 2.05 bits per heavy atom. The molecule has 0 spiro atoms. The predicted molar refractivity (Wildman–Crippen MR) is 280 cm³/mol. The van der Waals surface area contributed by atoms with Crippen molar-refractivity contribution in [1.82, 2.24) is 30.2 Å². The van der Waals surface area contributed by atoms with Crippen LogP contribution in [0.25, 0.3) is 43.6 Å². The van der Waals surface area contributed by atoms with Crippen molar-refractivity contribution < 1.29 is 47.1 Å². The number of methoxy groups -OCH3 is 2. The molecular weight excluding hydrogens is 944 g/mol. The fourth-order valence-electron chi connectivity index (χ4n) is 9.32. The summed E-state index contributed by atoms with van der Waals surface area (Å²) >= 11 is 0. The van der Waals surface area contributed by atoms with E-state index < -0.39 is 17.4 Å². The number of aryl methyl sites for hydroxylation is 1. The van der Waals surface area contributed by atoms with Crippen LogP contribution in [0, 0.1) is 18.2 Å². The monoisotopic (exact) mass is 1000 g/mol. The normalized spacial score (nSPS) is 15.5. The number of ether oxygens (including phenoxy) is 8. The molecule has 9 aromatic rings. The van der Waals surface area contributed by atoms with E-state index in [1.165, 1.54) is 0 Å². The zero-order valence-corrected chi connectivity index (χ0v) is 41.5. The smallest absolute Gasteiger partial charge is 0.408 e. The first-order valence-corrected chi connectivity index (χ1v) is 24.8. The number of morpholine rings is 1. The number of pyridine rings is 2. The Hall–Kier alpha value is -8.08. The number of hydrogen-bond donors (Lipinski definition) is 3. The Morgan fingerprint density at radius 2 is 1.38 bits per heavy atom. The molecule has 4 aromatic heterocycles. The number of halogens is 1. The number of rotatable bonds is 17. The van der Waals surface area contributed by atoms with E-state index >= 15 is 4.39 Å². The maximum absolute atomic E-state index is 15.1. The van der Waals surface area contributed by atoms with Crippen molar-refractivity contribution >= 4 is 49.7 Å². The zero-order valence-electron chi connectivity index (χ0n) is 41.5. The Morgan fingerprint density at radius 1 is 0.703 bits per heavy atom. The minimum Gasteiger partial charge on any atom is -0.493 e. The van der Waals surface area contributed by atoms with Crippen LogP contribution in [-0.4, -0.2) is 96.7 Å². The van der Waals surface area contributed by atoms with Crippen LogP contribution in [0.4, 0.5) is 9.18 Å². The third-order valence-electron chi connectivity index (χ3n) is 13.9. The summed E-state index contributed by atoms with van der Waals surface area (Å²) < 4.78 is 62.0. The van der Waals surface area contributed by atoms with E-state index in [-0.39, 0.29) is 17.8 Å². The van der Waals surface area contributed by atoms with Crippen LogP contribution in [-0.2, 0) is 16.1 Å². The van der Waals surface area contributed by atoms with Gasteiger partial charge in [0.2, 0.25) is 0 Å². The standard InChI is InChI=1S/C30H27N3O5.C28H30FN3O4/c1-35-27-16-23-25(32-14-10-26(23)38-22-7-8-24-21(15-22)9-13-31-24)17-28(27)37-19-30(11-12-30)33-29(34)36-18-20-5-3-2-4-6-20;1-18-13-20-21(31-18)3-4-24(27(20)29)36-23-5-8-30-22-15-26(25(33-2)14-19(22)23)35-17-28(6-7-28)16-32-9-11-34-12-10-32/h2-10,13-17,31H,11-12,18-19H2,1H3,(H,33,34);3-5,8,13-15,31H,6-7,9-12,16-17H2,1-2H3. The van der Waals surface area contributed by atoms with Gasteiger partial charge in [-0.2, -0.15) is 0 Å². The Bertz CT molecular complexity index is 3460. The number of H-pyrrole nitrogens is 2. The summed E-state index contributed by atoms with van der Waals surface area (Å²) in [7, 11) is 3.21. The van der Waals surface area contributed by atoms with Crippen LogP contribution in [0.3, 0.4) is 0 Å². The third-order valence-corrected chi connectivity index (χ3v) is 13.9. The molecule has 3 aliphatic rings. The molecule has 0 atom stereocenters. The lowest BCUT2D eigenvalue weighted by Gasteiger charge is -2.30. The first kappa shape index (κ1) is 48.2. The predicted octanol–water partition coefficient (Wildman–Crippen LogP) is 11.8. The fourth-order valence-corrected chi connectivity index (χ4v) is 9.32. The average Bonchev–Trinajstić information content (AvgIpc) is 4.28. The van der Waals surface area contributed by atoms with E-state index in [0.717, 1.165) is 103 Å². The molecular formula is C58H57FN6O9. The Labute approximate surface area is 426 Å². The van der Waals surface area contributed by atoms with Gasteiger partial charge >= 0.3 is 6.09 Å². The van der Waals surface area contributed by atoms with Crippen molar-refractivity contribution in [2.75, 3.05) is 60.3 Å². The minimum atomic E-state index is -0.457. The second-order valence-corrected chi connectivity index (χ2v) is 19.3. The summed E-state index contributed by atoms with van der Waals surface area (Å²) in [5.41, 5.74) is 4.75. The van der Waals surface area contributed by atoms with Crippen molar-refractivity contribution in [3.8, 4) is 46.0 Å². The van der Waals surface area contributed by atoms with Gasteiger partial charge in [-0.15, -0.1) is 0 Å². The maximum atomic E-state index is 15.1. The molecule has 2 aliphatic carbocycles. The Balaban J connectivity index is 0.000000159. The number of alkyl carbamates (subject to hydrolysis) is 1. The molecule has 15 nitrogen and oxygen atoms in total. The number of hydrogen-bond acceptors (Lipinski definition) is 12. The number of fused-ring (bicyclic) bond motifs is 4. The number of nitrogens with one attached hydrogen (secondary N) is 3. The molecule has 5 aromatic carbocycles. The molecule has 3 fully saturated rings. The van der Waals surface area contributed by atoms with Gasteiger partial charge in [-0.3, -0.25) is 14.9 Å². The van der Waals surface area contributed by atoms with E-state index in [0.29, 0.717) is 64.1 Å². The van der Waals surface area contributed by atoms with E-state index in [1.54, 1.807) is 44.8 Å². The highest BCUT2D eigenvalue weighted by Crippen LogP contribution is 2.48. The van der Waals surface area contributed by atoms with Gasteiger partial charge in [0.1, 0.15) is 30.5 Å². The summed E-state index contributed by atoms with van der Waals surface area (Å²) in [6.07, 6.45) is 8.75. The average molecular weight is 1000 g/mol. The van der Waals surface area contributed by atoms with Gasteiger partial charge in [0.15, 0.2) is 34.6 Å². The molecule has 1 aliphatic heterocycles. The molecule has 16 heteroatoms. The molecule has 12 rings (SSSR count). The van der Waals surface area contributed by atoms with Crippen LogP contribution in [0.5, 0.6) is 46.0 Å². The molecule has 2 saturated carbocycles. The van der Waals surface area contributed by atoms with Gasteiger partial charge in [-0.1, -0.05) is 30.3 Å². The van der Waals surface area contributed by atoms with E-state index in [9.17, 15) is 4.79 Å². The van der Waals surface area contributed by atoms with Gasteiger partial charge in [-0.25, -0.2) is 9.18 Å². The van der Waals surface area contributed by atoms with Gasteiger partial charge in [0, 0.05) is 94.0 Å². The van der Waals surface area contributed by atoms with Crippen molar-refractivity contribution in [2.24, 2.45) is 5.41 Å². The second kappa shape index (κ2) is 20.8. The third kappa shape index (κ3) is 10.8. The van der Waals surface area contributed by atoms with Crippen molar-refractivity contribution in [1.29, 1.82) is 0 Å². The maximum Gasteiger partial charge on any atom is 0.408 e. The molecule has 0 bridgehead atoms. The number of nitrogens with zero attached hydrogens (tertiary/aromatic N) is 3. The molecule has 0 radical (unpaired) electrons. The lowest BCUT2D eigenvalue weighted by atomic mass is 10.1. The van der Waals surface area contributed by atoms with Gasteiger partial charge in [-0.05, 0) is 105 Å². The highest BCUT2D eigenvalue weighted by atomic mass is 19.1. The van der Waals surface area contributed by atoms with Crippen LogP contribution < -0.4 is 33.7 Å². The number of benzene rings is 5. The second-order valence-electron chi connectivity index (χ2n) is 19.3. The minimum absolute atomic E-state index is 0.159. The first-order chi connectivity index (χ1) is 36.1. The van der Waals surface area contributed by atoms with Crippen molar-refractivity contribution in [3.05, 3.63) is 145 Å². The largest absolute Gasteiger partial charge is 0.493 e. The molecule has 380 valence electrons. The quantitative estimate of drug-likeness (QED) is 0.0792. The van der Waals surface area contributed by atoms with Gasteiger partial charge in [0.05, 0.1) is 50.6 Å². The number of carbonyl (C=O) groups is 1. The van der Waals surface area contributed by atoms with Crippen molar-refractivity contribution in [2.45, 2.75) is 44.8 Å². The van der Waals surface area contributed by atoms with Crippen LogP contribution in [0.1, 0.15) is 36.9 Å². The van der Waals surface area contributed by atoms with Gasteiger partial charge in [0.25, 0.3) is 0 Å². The summed E-state index contributed by atoms with van der Waals surface area (Å²) in [6, 6.07) is 33.7. The molecule has 0 unspecified atom stereocenters. The Kier molecular flexibility index (Phi) is 13.6. The SMILES string of the molecule is COc1cc2c(Oc3ccc4[nH]c(C)cc4c3F)ccnc2cc1OCC1(CN2CCOCC2)CC1.COc1cc2c(Oc3ccc4[nH]ccc4c3)ccnc2cc1OCC1(NC(=O)OCc2ccccc2)CC1.